The molecule has 0 bridgehead atoms. The molecule has 1 aliphatic heterocycles. The third-order valence-electron chi connectivity index (χ3n) is 4.15. The molecule has 2 atom stereocenters. The van der Waals surface area contributed by atoms with Gasteiger partial charge in [-0.05, 0) is 42.5 Å². The van der Waals surface area contributed by atoms with Crippen molar-refractivity contribution in [2.75, 3.05) is 12.3 Å². The molecule has 0 saturated carbocycles. The van der Waals surface area contributed by atoms with Gasteiger partial charge >= 0.3 is 0 Å². The maximum atomic E-state index is 12.2. The molecular formula is C15H19N3O2. The van der Waals surface area contributed by atoms with E-state index >= 15 is 0 Å². The third kappa shape index (κ3) is 2.48. The largest absolute Gasteiger partial charge is 0.399 e. The molecular weight excluding hydrogens is 254 g/mol. The molecule has 5 heteroatoms. The predicted octanol–water partition coefficient (Wildman–Crippen LogP) is 0.898. The summed E-state index contributed by atoms with van der Waals surface area (Å²) in [6, 6.07) is 5.92. The predicted molar refractivity (Wildman–Crippen MR) is 75.8 cm³/mol. The van der Waals surface area contributed by atoms with Gasteiger partial charge in [0, 0.05) is 18.7 Å². The number of fused-ring (bicyclic) bond motifs is 1. The van der Waals surface area contributed by atoms with Gasteiger partial charge in [-0.3, -0.25) is 9.59 Å². The molecule has 5 nitrogen and oxygen atoms in total. The minimum absolute atomic E-state index is 0.0296. The number of benzene rings is 1. The Morgan fingerprint density at radius 3 is 3.00 bits per heavy atom. The number of carbonyl (C=O) groups excluding carboxylic acids is 2. The Kier molecular flexibility index (Phi) is 3.34. The van der Waals surface area contributed by atoms with E-state index < -0.39 is 0 Å². The molecule has 1 saturated heterocycles. The lowest BCUT2D eigenvalue weighted by molar-refractivity contribution is -0.127. The van der Waals surface area contributed by atoms with Crippen LogP contribution in [0.25, 0.3) is 0 Å². The van der Waals surface area contributed by atoms with E-state index in [0.29, 0.717) is 13.0 Å². The Morgan fingerprint density at radius 1 is 1.40 bits per heavy atom. The number of nitrogens with two attached hydrogens (primary N) is 1. The van der Waals surface area contributed by atoms with Crippen LogP contribution in [0.3, 0.4) is 0 Å². The summed E-state index contributed by atoms with van der Waals surface area (Å²) in [6.45, 7) is 0.450. The Labute approximate surface area is 117 Å². The van der Waals surface area contributed by atoms with E-state index in [0.717, 1.165) is 30.5 Å². The number of rotatable bonds is 2. The molecule has 0 aromatic heterocycles. The van der Waals surface area contributed by atoms with Crippen molar-refractivity contribution in [1.29, 1.82) is 0 Å². The molecule has 2 unspecified atom stereocenters. The molecule has 1 aromatic carbocycles. The Balaban J connectivity index is 1.73. The molecule has 1 aromatic rings. The lowest BCUT2D eigenvalue weighted by Gasteiger charge is -2.27. The molecule has 3 rings (SSSR count). The minimum atomic E-state index is -0.235. The van der Waals surface area contributed by atoms with Gasteiger partial charge in [-0.25, -0.2) is 0 Å². The van der Waals surface area contributed by atoms with Gasteiger partial charge in [0.2, 0.25) is 11.8 Å². The number of nitrogens with one attached hydrogen (secondary N) is 2. The van der Waals surface area contributed by atoms with Gasteiger partial charge in [0.05, 0.1) is 12.0 Å². The number of nitrogen functional groups attached to an aromatic ring is 1. The van der Waals surface area contributed by atoms with E-state index in [4.69, 9.17) is 5.73 Å². The SMILES string of the molecule is Nc1ccc2c(c1)CCCC2NC(=O)C1CNC(=O)C1. The molecule has 106 valence electrons. The highest BCUT2D eigenvalue weighted by atomic mass is 16.2. The molecule has 1 aliphatic carbocycles. The first-order valence-electron chi connectivity index (χ1n) is 7.09. The monoisotopic (exact) mass is 273 g/mol. The number of amides is 2. The fourth-order valence-electron chi connectivity index (χ4n) is 3.06. The van der Waals surface area contributed by atoms with E-state index in [1.165, 1.54) is 5.56 Å². The van der Waals surface area contributed by atoms with E-state index in [1.54, 1.807) is 0 Å². The Bertz CT molecular complexity index is 556. The van der Waals surface area contributed by atoms with Crippen LogP contribution in [0, 0.1) is 5.92 Å². The Morgan fingerprint density at radius 2 is 2.25 bits per heavy atom. The lowest BCUT2D eigenvalue weighted by atomic mass is 9.87. The van der Waals surface area contributed by atoms with Crippen LogP contribution in [0.15, 0.2) is 18.2 Å². The summed E-state index contributed by atoms with van der Waals surface area (Å²) in [7, 11) is 0. The molecule has 0 radical (unpaired) electrons. The second-order valence-electron chi connectivity index (χ2n) is 5.62. The smallest absolute Gasteiger partial charge is 0.225 e. The normalized spacial score (nSPS) is 24.9. The zero-order chi connectivity index (χ0) is 14.1. The van der Waals surface area contributed by atoms with Gasteiger partial charge in [0.15, 0.2) is 0 Å². The van der Waals surface area contributed by atoms with Gasteiger partial charge in [-0.2, -0.15) is 0 Å². The first-order chi connectivity index (χ1) is 9.63. The van der Waals surface area contributed by atoms with E-state index in [9.17, 15) is 9.59 Å². The van der Waals surface area contributed by atoms with Crippen molar-refractivity contribution in [2.45, 2.75) is 31.7 Å². The molecule has 1 fully saturated rings. The van der Waals surface area contributed by atoms with Gasteiger partial charge in [-0.15, -0.1) is 0 Å². The summed E-state index contributed by atoms with van der Waals surface area (Å²) in [5.41, 5.74) is 8.96. The van der Waals surface area contributed by atoms with Crippen molar-refractivity contribution in [3.05, 3.63) is 29.3 Å². The van der Waals surface area contributed by atoms with Crippen LogP contribution in [0.4, 0.5) is 5.69 Å². The van der Waals surface area contributed by atoms with Crippen LogP contribution in [0.1, 0.15) is 36.4 Å². The first-order valence-corrected chi connectivity index (χ1v) is 7.09. The highest BCUT2D eigenvalue weighted by Crippen LogP contribution is 2.31. The van der Waals surface area contributed by atoms with Crippen LogP contribution in [0.5, 0.6) is 0 Å². The maximum absolute atomic E-state index is 12.2. The number of aryl methyl sites for hydroxylation is 1. The number of carbonyl (C=O) groups is 2. The lowest BCUT2D eigenvalue weighted by Crippen LogP contribution is -2.36. The van der Waals surface area contributed by atoms with Gasteiger partial charge in [0.25, 0.3) is 0 Å². The molecule has 1 heterocycles. The third-order valence-corrected chi connectivity index (χ3v) is 4.15. The Hall–Kier alpha value is -2.04. The maximum Gasteiger partial charge on any atom is 0.225 e. The number of hydrogen-bond donors (Lipinski definition) is 3. The van der Waals surface area contributed by atoms with Crippen LogP contribution in [-0.2, 0) is 16.0 Å². The van der Waals surface area contributed by atoms with Gasteiger partial charge < -0.3 is 16.4 Å². The second-order valence-corrected chi connectivity index (χ2v) is 5.62. The second kappa shape index (κ2) is 5.15. The molecule has 2 aliphatic rings. The zero-order valence-electron chi connectivity index (χ0n) is 11.3. The van der Waals surface area contributed by atoms with Crippen molar-refractivity contribution in [2.24, 2.45) is 5.92 Å². The first kappa shape index (κ1) is 13.0. The summed E-state index contributed by atoms with van der Waals surface area (Å²) >= 11 is 0. The average molecular weight is 273 g/mol. The summed E-state index contributed by atoms with van der Waals surface area (Å²) in [6.07, 6.45) is 3.30. The van der Waals surface area contributed by atoms with Crippen molar-refractivity contribution in [3.8, 4) is 0 Å². The summed E-state index contributed by atoms with van der Waals surface area (Å²) in [5.74, 6) is -0.304. The molecule has 4 N–H and O–H groups in total. The van der Waals surface area contributed by atoms with Gasteiger partial charge in [-0.1, -0.05) is 6.07 Å². The fourth-order valence-corrected chi connectivity index (χ4v) is 3.06. The van der Waals surface area contributed by atoms with Crippen LogP contribution < -0.4 is 16.4 Å². The van der Waals surface area contributed by atoms with Crippen molar-refractivity contribution in [1.82, 2.24) is 10.6 Å². The molecule has 20 heavy (non-hydrogen) atoms. The van der Waals surface area contributed by atoms with Crippen molar-refractivity contribution < 1.29 is 9.59 Å². The number of hydrogen-bond acceptors (Lipinski definition) is 3. The standard InChI is InChI=1S/C15H19N3O2/c16-11-4-5-12-9(6-11)2-1-3-13(12)18-15(20)10-7-14(19)17-8-10/h4-6,10,13H,1-3,7-8,16H2,(H,17,19)(H,18,20). The zero-order valence-corrected chi connectivity index (χ0v) is 11.3. The molecule has 0 spiro atoms. The highest BCUT2D eigenvalue weighted by molar-refractivity contribution is 5.89. The highest BCUT2D eigenvalue weighted by Gasteiger charge is 2.30. The van der Waals surface area contributed by atoms with E-state index in [1.807, 2.05) is 18.2 Å². The van der Waals surface area contributed by atoms with Gasteiger partial charge in [0.1, 0.15) is 0 Å². The van der Waals surface area contributed by atoms with Crippen molar-refractivity contribution >= 4 is 17.5 Å². The van der Waals surface area contributed by atoms with Crippen LogP contribution >= 0.6 is 0 Å². The van der Waals surface area contributed by atoms with Crippen LogP contribution in [-0.4, -0.2) is 18.4 Å². The van der Waals surface area contributed by atoms with E-state index in [2.05, 4.69) is 10.6 Å². The summed E-state index contributed by atoms with van der Waals surface area (Å²) in [4.78, 5) is 23.4. The fraction of sp³-hybridized carbons (Fsp3) is 0.467. The average Bonchev–Trinajstić information content (AvgIpc) is 2.85. The van der Waals surface area contributed by atoms with E-state index in [-0.39, 0.29) is 23.8 Å². The number of anilines is 1. The minimum Gasteiger partial charge on any atom is -0.399 e. The quantitative estimate of drug-likeness (QED) is 0.700. The molecule has 2 amide bonds. The summed E-state index contributed by atoms with van der Waals surface area (Å²) < 4.78 is 0. The van der Waals surface area contributed by atoms with Crippen LogP contribution in [0.2, 0.25) is 0 Å². The topological polar surface area (TPSA) is 84.2 Å². The van der Waals surface area contributed by atoms with Crippen molar-refractivity contribution in [3.63, 3.8) is 0 Å². The summed E-state index contributed by atoms with van der Waals surface area (Å²) in [5, 5.41) is 5.78.